The second kappa shape index (κ2) is 8.30. The van der Waals surface area contributed by atoms with Crippen molar-refractivity contribution < 1.29 is 14.6 Å². The molecule has 2 aromatic rings. The standard InChI is InChI=1S/C19H18N4O5/c24-19(9-4-15-2-1-3-18(14-15)23(27)28)21-12-10-20(11-13-21)16-5-7-17(8-6-16)22(25)26/h1-9,14H,10-13H2/b9-4+. The molecule has 0 spiro atoms. The van der Waals surface area contributed by atoms with Crippen LogP contribution < -0.4 is 4.90 Å². The van der Waals surface area contributed by atoms with E-state index in [0.29, 0.717) is 31.7 Å². The van der Waals surface area contributed by atoms with E-state index in [9.17, 15) is 25.0 Å². The van der Waals surface area contributed by atoms with Crippen molar-refractivity contribution in [2.75, 3.05) is 31.1 Å². The van der Waals surface area contributed by atoms with E-state index in [-0.39, 0.29) is 17.3 Å². The largest absolute Gasteiger partial charge is 0.368 e. The first-order valence-corrected chi connectivity index (χ1v) is 8.65. The topological polar surface area (TPSA) is 110 Å². The minimum atomic E-state index is -0.476. The molecule has 0 unspecified atom stereocenters. The summed E-state index contributed by atoms with van der Waals surface area (Å²) < 4.78 is 0. The molecule has 28 heavy (non-hydrogen) atoms. The van der Waals surface area contributed by atoms with Crippen molar-refractivity contribution in [2.24, 2.45) is 0 Å². The Bertz CT molecular complexity index is 918. The third-order valence-corrected chi connectivity index (χ3v) is 4.52. The predicted octanol–water partition coefficient (Wildman–Crippen LogP) is 2.87. The van der Waals surface area contributed by atoms with Gasteiger partial charge in [-0.3, -0.25) is 25.0 Å². The Labute approximate surface area is 160 Å². The lowest BCUT2D eigenvalue weighted by Gasteiger charge is -2.35. The van der Waals surface area contributed by atoms with E-state index in [0.717, 1.165) is 5.69 Å². The van der Waals surface area contributed by atoms with Gasteiger partial charge in [-0.2, -0.15) is 0 Å². The number of benzene rings is 2. The van der Waals surface area contributed by atoms with Gasteiger partial charge < -0.3 is 9.80 Å². The number of nitro benzene ring substituents is 2. The summed E-state index contributed by atoms with van der Waals surface area (Å²) >= 11 is 0. The number of anilines is 1. The summed E-state index contributed by atoms with van der Waals surface area (Å²) in [4.78, 5) is 36.8. The van der Waals surface area contributed by atoms with Crippen LogP contribution >= 0.6 is 0 Å². The summed E-state index contributed by atoms with van der Waals surface area (Å²) in [6, 6.07) is 12.4. The molecule has 1 aliphatic rings. The monoisotopic (exact) mass is 382 g/mol. The Morgan fingerprint density at radius 1 is 0.893 bits per heavy atom. The highest BCUT2D eigenvalue weighted by Crippen LogP contribution is 2.21. The number of amides is 1. The van der Waals surface area contributed by atoms with Crippen molar-refractivity contribution in [3.63, 3.8) is 0 Å². The van der Waals surface area contributed by atoms with Crippen molar-refractivity contribution in [1.82, 2.24) is 4.90 Å². The highest BCUT2D eigenvalue weighted by molar-refractivity contribution is 5.92. The fourth-order valence-corrected chi connectivity index (χ4v) is 2.99. The van der Waals surface area contributed by atoms with Crippen LogP contribution in [0.2, 0.25) is 0 Å². The van der Waals surface area contributed by atoms with Crippen molar-refractivity contribution in [1.29, 1.82) is 0 Å². The van der Waals surface area contributed by atoms with Gasteiger partial charge in [0.1, 0.15) is 0 Å². The van der Waals surface area contributed by atoms with Gasteiger partial charge in [0.05, 0.1) is 9.85 Å². The third-order valence-electron chi connectivity index (χ3n) is 4.52. The number of hydrogen-bond acceptors (Lipinski definition) is 6. The molecule has 0 N–H and O–H groups in total. The molecule has 2 aromatic carbocycles. The molecule has 1 saturated heterocycles. The first-order chi connectivity index (χ1) is 13.4. The molecule has 0 aliphatic carbocycles. The van der Waals surface area contributed by atoms with Crippen LogP contribution in [0.1, 0.15) is 5.56 Å². The summed E-state index contributed by atoms with van der Waals surface area (Å²) in [7, 11) is 0. The zero-order chi connectivity index (χ0) is 20.1. The second-order valence-electron chi connectivity index (χ2n) is 6.27. The van der Waals surface area contributed by atoms with Gasteiger partial charge in [0, 0.05) is 62.2 Å². The normalized spacial score (nSPS) is 14.3. The van der Waals surface area contributed by atoms with E-state index in [1.165, 1.54) is 30.3 Å². The summed E-state index contributed by atoms with van der Waals surface area (Å²) in [6.45, 7) is 2.28. The Kier molecular flexibility index (Phi) is 5.64. The highest BCUT2D eigenvalue weighted by atomic mass is 16.6. The van der Waals surface area contributed by atoms with Crippen LogP contribution in [0.3, 0.4) is 0 Å². The summed E-state index contributed by atoms with van der Waals surface area (Å²) in [5, 5.41) is 21.5. The second-order valence-corrected chi connectivity index (χ2v) is 6.27. The Hall–Kier alpha value is -3.75. The van der Waals surface area contributed by atoms with Gasteiger partial charge in [-0.15, -0.1) is 0 Å². The van der Waals surface area contributed by atoms with Crippen molar-refractivity contribution in [2.45, 2.75) is 0 Å². The molecule has 0 radical (unpaired) electrons. The molecular weight excluding hydrogens is 364 g/mol. The average molecular weight is 382 g/mol. The lowest BCUT2D eigenvalue weighted by atomic mass is 10.2. The quantitative estimate of drug-likeness (QED) is 0.447. The maximum atomic E-state index is 12.4. The fourth-order valence-electron chi connectivity index (χ4n) is 2.99. The predicted molar refractivity (Wildman–Crippen MR) is 104 cm³/mol. The Morgan fingerprint density at radius 3 is 2.14 bits per heavy atom. The van der Waals surface area contributed by atoms with E-state index in [1.54, 1.807) is 35.2 Å². The van der Waals surface area contributed by atoms with Gasteiger partial charge in [-0.25, -0.2) is 0 Å². The number of non-ortho nitro benzene ring substituents is 2. The number of carbonyl (C=O) groups excluding carboxylic acids is 1. The number of nitrogens with zero attached hydrogens (tertiary/aromatic N) is 4. The van der Waals surface area contributed by atoms with E-state index in [1.807, 2.05) is 0 Å². The average Bonchev–Trinajstić information content (AvgIpc) is 2.72. The first kappa shape index (κ1) is 19.0. The SMILES string of the molecule is O=C(/C=C/c1cccc([N+](=O)[O-])c1)N1CCN(c2ccc([N+](=O)[O-])cc2)CC1. The minimum absolute atomic E-state index is 0.0219. The van der Waals surface area contributed by atoms with E-state index in [4.69, 9.17) is 0 Å². The summed E-state index contributed by atoms with van der Waals surface area (Å²) in [5.74, 6) is -0.158. The Balaban J connectivity index is 1.57. The number of rotatable bonds is 5. The van der Waals surface area contributed by atoms with Crippen LogP contribution in [0, 0.1) is 20.2 Å². The molecule has 0 bridgehead atoms. The number of carbonyl (C=O) groups is 1. The molecule has 1 aliphatic heterocycles. The van der Waals surface area contributed by atoms with Crippen molar-refractivity contribution >= 4 is 29.0 Å². The van der Waals surface area contributed by atoms with Gasteiger partial charge in [-0.1, -0.05) is 12.1 Å². The maximum absolute atomic E-state index is 12.4. The van der Waals surface area contributed by atoms with Crippen LogP contribution in [0.25, 0.3) is 6.08 Å². The van der Waals surface area contributed by atoms with E-state index >= 15 is 0 Å². The zero-order valence-electron chi connectivity index (χ0n) is 14.9. The lowest BCUT2D eigenvalue weighted by molar-refractivity contribution is -0.385. The van der Waals surface area contributed by atoms with Crippen molar-refractivity contribution in [3.05, 3.63) is 80.4 Å². The molecule has 1 heterocycles. The molecule has 9 nitrogen and oxygen atoms in total. The Morgan fingerprint density at radius 2 is 1.54 bits per heavy atom. The van der Waals surface area contributed by atoms with E-state index < -0.39 is 9.85 Å². The highest BCUT2D eigenvalue weighted by Gasteiger charge is 2.20. The summed E-state index contributed by atoms with van der Waals surface area (Å²) in [6.07, 6.45) is 2.98. The zero-order valence-corrected chi connectivity index (χ0v) is 14.9. The van der Waals surface area contributed by atoms with E-state index in [2.05, 4.69) is 4.90 Å². The molecular formula is C19H18N4O5. The molecule has 0 atom stereocenters. The van der Waals surface area contributed by atoms with Gasteiger partial charge in [0.25, 0.3) is 11.4 Å². The molecule has 1 fully saturated rings. The van der Waals surface area contributed by atoms with Crippen LogP contribution in [0.5, 0.6) is 0 Å². The van der Waals surface area contributed by atoms with Crippen LogP contribution in [0.15, 0.2) is 54.6 Å². The molecule has 0 aromatic heterocycles. The first-order valence-electron chi connectivity index (χ1n) is 8.65. The van der Waals surface area contributed by atoms with Crippen LogP contribution in [-0.2, 0) is 4.79 Å². The fraction of sp³-hybridized carbons (Fsp3) is 0.211. The van der Waals surface area contributed by atoms with Crippen LogP contribution in [0.4, 0.5) is 17.1 Å². The summed E-state index contributed by atoms with van der Waals surface area (Å²) in [5.41, 5.74) is 1.49. The smallest absolute Gasteiger partial charge is 0.270 e. The third kappa shape index (κ3) is 4.50. The molecule has 144 valence electrons. The number of piperazine rings is 1. The molecule has 0 saturated carbocycles. The molecule has 1 amide bonds. The van der Waals surface area contributed by atoms with Gasteiger partial charge in [0.2, 0.25) is 5.91 Å². The van der Waals surface area contributed by atoms with Crippen molar-refractivity contribution in [3.8, 4) is 0 Å². The number of hydrogen-bond donors (Lipinski definition) is 0. The molecule has 9 heteroatoms. The van der Waals surface area contributed by atoms with Gasteiger partial charge in [-0.05, 0) is 23.8 Å². The molecule has 3 rings (SSSR count). The van der Waals surface area contributed by atoms with Gasteiger partial charge in [0.15, 0.2) is 0 Å². The van der Waals surface area contributed by atoms with Crippen LogP contribution in [-0.4, -0.2) is 46.8 Å². The maximum Gasteiger partial charge on any atom is 0.270 e. The number of nitro groups is 2. The lowest BCUT2D eigenvalue weighted by Crippen LogP contribution is -2.48. The minimum Gasteiger partial charge on any atom is -0.368 e. The van der Waals surface area contributed by atoms with Gasteiger partial charge >= 0.3 is 0 Å².